The SMILES string of the molecule is COc1ccc(Nc2cc(O)ccc2[N+](=O)[O-])cc1OC. The van der Waals surface area contributed by atoms with Gasteiger partial charge in [0.05, 0.1) is 19.1 Å². The van der Waals surface area contributed by atoms with Gasteiger partial charge in [-0.3, -0.25) is 10.1 Å². The summed E-state index contributed by atoms with van der Waals surface area (Å²) in [4.78, 5) is 10.5. The van der Waals surface area contributed by atoms with E-state index >= 15 is 0 Å². The summed E-state index contributed by atoms with van der Waals surface area (Å²) in [6.07, 6.45) is 0. The molecule has 0 aliphatic heterocycles. The van der Waals surface area contributed by atoms with Crippen LogP contribution in [-0.2, 0) is 0 Å². The minimum absolute atomic E-state index is 0.0661. The summed E-state index contributed by atoms with van der Waals surface area (Å²) in [5.41, 5.74) is 0.621. The van der Waals surface area contributed by atoms with Crippen molar-refractivity contribution in [1.29, 1.82) is 0 Å². The second-order valence-corrected chi connectivity index (χ2v) is 4.15. The summed E-state index contributed by atoms with van der Waals surface area (Å²) in [7, 11) is 3.02. The van der Waals surface area contributed by atoms with Crippen LogP contribution in [0.1, 0.15) is 0 Å². The van der Waals surface area contributed by atoms with Gasteiger partial charge in [0.2, 0.25) is 0 Å². The number of phenols is 1. The van der Waals surface area contributed by atoms with Gasteiger partial charge in [0.1, 0.15) is 11.4 Å². The van der Waals surface area contributed by atoms with Crippen LogP contribution < -0.4 is 14.8 Å². The Morgan fingerprint density at radius 1 is 1.10 bits per heavy atom. The lowest BCUT2D eigenvalue weighted by Gasteiger charge is -2.11. The van der Waals surface area contributed by atoms with E-state index in [2.05, 4.69) is 5.32 Å². The number of nitrogens with zero attached hydrogens (tertiary/aromatic N) is 1. The largest absolute Gasteiger partial charge is 0.508 e. The predicted molar refractivity (Wildman–Crippen MR) is 77.6 cm³/mol. The van der Waals surface area contributed by atoms with Crippen molar-refractivity contribution < 1.29 is 19.5 Å². The number of aromatic hydroxyl groups is 1. The minimum atomic E-state index is -0.525. The van der Waals surface area contributed by atoms with E-state index in [9.17, 15) is 15.2 Å². The van der Waals surface area contributed by atoms with Crippen molar-refractivity contribution in [3.05, 3.63) is 46.5 Å². The number of phenolic OH excluding ortho intramolecular Hbond substituents is 1. The molecule has 0 bridgehead atoms. The van der Waals surface area contributed by atoms with Crippen LogP contribution in [0.3, 0.4) is 0 Å². The highest BCUT2D eigenvalue weighted by atomic mass is 16.6. The van der Waals surface area contributed by atoms with Crippen LogP contribution in [-0.4, -0.2) is 24.2 Å². The maximum Gasteiger partial charge on any atom is 0.292 e. The fourth-order valence-corrected chi connectivity index (χ4v) is 1.85. The molecule has 2 rings (SSSR count). The van der Waals surface area contributed by atoms with E-state index < -0.39 is 4.92 Å². The van der Waals surface area contributed by atoms with Crippen LogP contribution in [0.5, 0.6) is 17.2 Å². The van der Waals surface area contributed by atoms with Crippen molar-refractivity contribution in [2.75, 3.05) is 19.5 Å². The first-order valence-electron chi connectivity index (χ1n) is 6.01. The molecule has 0 saturated heterocycles. The average molecular weight is 290 g/mol. The number of anilines is 2. The Labute approximate surface area is 120 Å². The molecule has 0 aromatic heterocycles. The summed E-state index contributed by atoms with van der Waals surface area (Å²) < 4.78 is 10.3. The van der Waals surface area contributed by atoms with Crippen LogP contribution >= 0.6 is 0 Å². The van der Waals surface area contributed by atoms with Gasteiger partial charge >= 0.3 is 0 Å². The van der Waals surface area contributed by atoms with Gasteiger partial charge in [-0.15, -0.1) is 0 Å². The molecule has 0 radical (unpaired) electrons. The molecule has 7 nitrogen and oxygen atoms in total. The van der Waals surface area contributed by atoms with Crippen LogP contribution in [0.2, 0.25) is 0 Å². The van der Waals surface area contributed by atoms with E-state index in [0.717, 1.165) is 0 Å². The van der Waals surface area contributed by atoms with Crippen LogP contribution in [0.15, 0.2) is 36.4 Å². The minimum Gasteiger partial charge on any atom is -0.508 e. The van der Waals surface area contributed by atoms with E-state index in [1.807, 2.05) is 0 Å². The highest BCUT2D eigenvalue weighted by Gasteiger charge is 2.15. The van der Waals surface area contributed by atoms with Crippen LogP contribution in [0.4, 0.5) is 17.1 Å². The normalized spacial score (nSPS) is 10.0. The lowest BCUT2D eigenvalue weighted by atomic mass is 10.2. The number of nitrogens with one attached hydrogen (secondary N) is 1. The van der Waals surface area contributed by atoms with E-state index in [1.165, 1.54) is 32.4 Å². The number of hydrogen-bond acceptors (Lipinski definition) is 6. The molecular formula is C14H14N2O5. The van der Waals surface area contributed by atoms with E-state index in [-0.39, 0.29) is 17.1 Å². The molecule has 0 aliphatic rings. The summed E-state index contributed by atoms with van der Waals surface area (Å²) in [5.74, 6) is 0.974. The quantitative estimate of drug-likeness (QED) is 0.649. The number of nitro groups is 1. The molecule has 7 heteroatoms. The van der Waals surface area contributed by atoms with Crippen LogP contribution in [0.25, 0.3) is 0 Å². The third kappa shape index (κ3) is 3.14. The summed E-state index contributed by atoms with van der Waals surface area (Å²) in [6, 6.07) is 8.79. The molecule has 110 valence electrons. The molecule has 2 N–H and O–H groups in total. The van der Waals surface area contributed by atoms with E-state index in [4.69, 9.17) is 9.47 Å². The highest BCUT2D eigenvalue weighted by molar-refractivity contribution is 5.72. The molecule has 0 aliphatic carbocycles. The molecule has 0 spiro atoms. The number of hydrogen-bond donors (Lipinski definition) is 2. The number of methoxy groups -OCH3 is 2. The smallest absolute Gasteiger partial charge is 0.292 e. The maximum absolute atomic E-state index is 11.0. The molecule has 21 heavy (non-hydrogen) atoms. The van der Waals surface area contributed by atoms with Gasteiger partial charge in [0, 0.05) is 23.9 Å². The van der Waals surface area contributed by atoms with Crippen molar-refractivity contribution in [1.82, 2.24) is 0 Å². The predicted octanol–water partition coefficient (Wildman–Crippen LogP) is 3.06. The van der Waals surface area contributed by atoms with Crippen molar-refractivity contribution >= 4 is 17.1 Å². The number of nitro benzene ring substituents is 1. The van der Waals surface area contributed by atoms with Gasteiger partial charge < -0.3 is 19.9 Å². The van der Waals surface area contributed by atoms with Gasteiger partial charge in [0.25, 0.3) is 5.69 Å². The average Bonchev–Trinajstić information content (AvgIpc) is 2.46. The lowest BCUT2D eigenvalue weighted by Crippen LogP contribution is -1.98. The van der Waals surface area contributed by atoms with E-state index in [1.54, 1.807) is 18.2 Å². The molecule has 0 saturated carbocycles. The third-order valence-electron chi connectivity index (χ3n) is 2.84. The molecule has 0 atom stereocenters. The molecular weight excluding hydrogens is 276 g/mol. The Morgan fingerprint density at radius 2 is 1.81 bits per heavy atom. The third-order valence-corrected chi connectivity index (χ3v) is 2.84. The first-order chi connectivity index (χ1) is 10.0. The Balaban J connectivity index is 2.38. The van der Waals surface area contributed by atoms with Crippen LogP contribution in [0, 0.1) is 10.1 Å². The molecule has 2 aromatic carbocycles. The Bertz CT molecular complexity index is 672. The second kappa shape index (κ2) is 6.00. The fraction of sp³-hybridized carbons (Fsp3) is 0.143. The highest BCUT2D eigenvalue weighted by Crippen LogP contribution is 2.34. The van der Waals surface area contributed by atoms with Gasteiger partial charge in [-0.1, -0.05) is 0 Å². The molecule has 2 aromatic rings. The number of ether oxygens (including phenoxy) is 2. The first-order valence-corrected chi connectivity index (χ1v) is 6.01. The Morgan fingerprint density at radius 3 is 2.43 bits per heavy atom. The van der Waals surface area contributed by atoms with Crippen molar-refractivity contribution in [2.24, 2.45) is 0 Å². The standard InChI is InChI=1S/C14H14N2O5/c1-20-13-6-3-9(7-14(13)21-2)15-11-8-10(17)4-5-12(11)16(18)19/h3-8,15,17H,1-2H3. The summed E-state index contributed by atoms with van der Waals surface area (Å²) >= 11 is 0. The van der Waals surface area contributed by atoms with Gasteiger partial charge in [-0.25, -0.2) is 0 Å². The topological polar surface area (TPSA) is 93.9 Å². The maximum atomic E-state index is 11.0. The van der Waals surface area contributed by atoms with Crippen molar-refractivity contribution in [3.8, 4) is 17.2 Å². The van der Waals surface area contributed by atoms with E-state index in [0.29, 0.717) is 17.2 Å². The molecule has 0 amide bonds. The molecule has 0 heterocycles. The monoisotopic (exact) mass is 290 g/mol. The fourth-order valence-electron chi connectivity index (χ4n) is 1.85. The second-order valence-electron chi connectivity index (χ2n) is 4.15. The Kier molecular flexibility index (Phi) is 4.13. The molecule has 0 unspecified atom stereocenters. The summed E-state index contributed by atoms with van der Waals surface area (Å²) in [6.45, 7) is 0. The first kappa shape index (κ1) is 14.4. The zero-order valence-corrected chi connectivity index (χ0v) is 11.5. The lowest BCUT2D eigenvalue weighted by molar-refractivity contribution is -0.383. The number of benzene rings is 2. The number of rotatable bonds is 5. The van der Waals surface area contributed by atoms with Gasteiger partial charge in [-0.2, -0.15) is 0 Å². The van der Waals surface area contributed by atoms with Gasteiger partial charge in [0.15, 0.2) is 11.5 Å². The molecule has 0 fully saturated rings. The van der Waals surface area contributed by atoms with Gasteiger partial charge in [-0.05, 0) is 18.2 Å². The zero-order valence-electron chi connectivity index (χ0n) is 11.5. The zero-order chi connectivity index (χ0) is 15.4. The van der Waals surface area contributed by atoms with Crippen molar-refractivity contribution in [2.45, 2.75) is 0 Å². The Hall–Kier alpha value is -2.96. The summed E-state index contributed by atoms with van der Waals surface area (Å²) in [5, 5.41) is 23.3. The van der Waals surface area contributed by atoms with Crippen molar-refractivity contribution in [3.63, 3.8) is 0 Å².